The highest BCUT2D eigenvalue weighted by atomic mass is 16.2. The molecule has 0 aromatic heterocycles. The first-order valence-corrected chi connectivity index (χ1v) is 9.19. The van der Waals surface area contributed by atoms with Crippen LogP contribution >= 0.6 is 0 Å². The lowest BCUT2D eigenvalue weighted by Gasteiger charge is -2.34. The minimum absolute atomic E-state index is 0.0239. The van der Waals surface area contributed by atoms with Crippen molar-refractivity contribution in [2.24, 2.45) is 4.99 Å². The van der Waals surface area contributed by atoms with Gasteiger partial charge in [-0.15, -0.1) is 0 Å². The lowest BCUT2D eigenvalue weighted by molar-refractivity contribution is -0.127. The Morgan fingerprint density at radius 2 is 1.68 bits per heavy atom. The number of piperidine rings is 1. The summed E-state index contributed by atoms with van der Waals surface area (Å²) in [6.07, 6.45) is 4.52. The molecule has 6 heteroatoms. The van der Waals surface area contributed by atoms with Gasteiger partial charge in [-0.1, -0.05) is 18.2 Å². The molecule has 1 aliphatic heterocycles. The van der Waals surface area contributed by atoms with Crippen LogP contribution in [-0.4, -0.2) is 62.6 Å². The van der Waals surface area contributed by atoms with Crippen LogP contribution in [0.1, 0.15) is 25.7 Å². The third-order valence-electron chi connectivity index (χ3n) is 4.75. The molecule has 1 aliphatic carbocycles. The van der Waals surface area contributed by atoms with Crippen LogP contribution in [0.5, 0.6) is 0 Å². The first kappa shape index (κ1) is 17.6. The number of hydrogen-bond acceptors (Lipinski definition) is 3. The quantitative estimate of drug-likeness (QED) is 0.627. The van der Waals surface area contributed by atoms with Crippen LogP contribution < -0.4 is 15.5 Å². The van der Waals surface area contributed by atoms with E-state index in [-0.39, 0.29) is 12.5 Å². The maximum atomic E-state index is 11.8. The zero-order chi connectivity index (χ0) is 17.6. The molecule has 2 fully saturated rings. The second kappa shape index (κ2) is 8.23. The van der Waals surface area contributed by atoms with E-state index in [0.717, 1.165) is 31.9 Å². The number of carbonyl (C=O) groups is 1. The summed E-state index contributed by atoms with van der Waals surface area (Å²) in [5.41, 5.74) is 1.29. The van der Waals surface area contributed by atoms with E-state index in [0.29, 0.717) is 12.1 Å². The van der Waals surface area contributed by atoms with E-state index in [9.17, 15) is 4.79 Å². The maximum Gasteiger partial charge on any atom is 0.243 e. The number of benzene rings is 1. The standard InChI is InChI=1S/C19H29N5O/c1-23(2)18(25)14-20-19(21-15-8-9-15)22-16-10-12-24(13-11-16)17-6-4-3-5-7-17/h3-7,15-16H,8-14H2,1-2H3,(H2,20,21,22). The lowest BCUT2D eigenvalue weighted by Crippen LogP contribution is -2.49. The second-order valence-electron chi connectivity index (χ2n) is 7.11. The third kappa shape index (κ3) is 5.37. The average Bonchev–Trinajstić information content (AvgIpc) is 3.44. The van der Waals surface area contributed by atoms with Gasteiger partial charge in [0, 0.05) is 45.0 Å². The molecule has 0 spiro atoms. The first-order chi connectivity index (χ1) is 12.1. The molecule has 0 atom stereocenters. The van der Waals surface area contributed by atoms with Gasteiger partial charge in [0.15, 0.2) is 5.96 Å². The smallest absolute Gasteiger partial charge is 0.243 e. The van der Waals surface area contributed by atoms with Crippen molar-refractivity contribution in [3.8, 4) is 0 Å². The Morgan fingerprint density at radius 3 is 2.24 bits per heavy atom. The SMILES string of the molecule is CN(C)C(=O)CN=C(NC1CC1)NC1CCN(c2ccccc2)CC1. The fraction of sp³-hybridized carbons (Fsp3) is 0.579. The summed E-state index contributed by atoms with van der Waals surface area (Å²) in [7, 11) is 3.52. The molecule has 1 aromatic carbocycles. The number of aliphatic imine (C=N–C) groups is 1. The highest BCUT2D eigenvalue weighted by molar-refractivity contribution is 5.85. The van der Waals surface area contributed by atoms with Crippen LogP contribution in [0.25, 0.3) is 0 Å². The highest BCUT2D eigenvalue weighted by Gasteiger charge is 2.25. The number of anilines is 1. The van der Waals surface area contributed by atoms with Gasteiger partial charge in [-0.05, 0) is 37.8 Å². The molecule has 25 heavy (non-hydrogen) atoms. The van der Waals surface area contributed by atoms with Gasteiger partial charge < -0.3 is 20.4 Å². The predicted octanol–water partition coefficient (Wildman–Crippen LogP) is 1.44. The summed E-state index contributed by atoms with van der Waals surface area (Å²) in [6, 6.07) is 11.5. The van der Waals surface area contributed by atoms with Crippen LogP contribution in [0.3, 0.4) is 0 Å². The van der Waals surface area contributed by atoms with E-state index >= 15 is 0 Å². The molecule has 0 bridgehead atoms. The van der Waals surface area contributed by atoms with Gasteiger partial charge in [0.05, 0.1) is 0 Å². The topological polar surface area (TPSA) is 60.0 Å². The summed E-state index contributed by atoms with van der Waals surface area (Å²) < 4.78 is 0. The second-order valence-corrected chi connectivity index (χ2v) is 7.11. The number of nitrogens with zero attached hydrogens (tertiary/aromatic N) is 3. The van der Waals surface area contributed by atoms with Crippen LogP contribution in [0, 0.1) is 0 Å². The van der Waals surface area contributed by atoms with Gasteiger partial charge in [0.1, 0.15) is 6.54 Å². The van der Waals surface area contributed by atoms with Gasteiger partial charge in [-0.2, -0.15) is 0 Å². The molecule has 1 aromatic rings. The van der Waals surface area contributed by atoms with Gasteiger partial charge >= 0.3 is 0 Å². The fourth-order valence-corrected chi connectivity index (χ4v) is 2.96. The van der Waals surface area contributed by atoms with Crippen LogP contribution in [-0.2, 0) is 4.79 Å². The number of carbonyl (C=O) groups excluding carboxylic acids is 1. The highest BCUT2D eigenvalue weighted by Crippen LogP contribution is 2.20. The van der Waals surface area contributed by atoms with Gasteiger partial charge in [0.2, 0.25) is 5.91 Å². The maximum absolute atomic E-state index is 11.8. The van der Waals surface area contributed by atoms with Crippen molar-refractivity contribution in [2.75, 3.05) is 38.6 Å². The molecule has 1 amide bonds. The number of amides is 1. The Morgan fingerprint density at radius 1 is 1.08 bits per heavy atom. The number of guanidine groups is 1. The minimum Gasteiger partial charge on any atom is -0.371 e. The van der Waals surface area contributed by atoms with Crippen LogP contribution in [0.15, 0.2) is 35.3 Å². The number of rotatable bonds is 5. The molecule has 2 N–H and O–H groups in total. The molecule has 6 nitrogen and oxygen atoms in total. The Bertz CT molecular complexity index is 589. The van der Waals surface area contributed by atoms with Gasteiger partial charge in [-0.3, -0.25) is 4.79 Å². The summed E-state index contributed by atoms with van der Waals surface area (Å²) in [4.78, 5) is 20.3. The Kier molecular flexibility index (Phi) is 5.79. The Labute approximate surface area is 150 Å². The van der Waals surface area contributed by atoms with E-state index in [4.69, 9.17) is 0 Å². The van der Waals surface area contributed by atoms with Crippen molar-refractivity contribution < 1.29 is 4.79 Å². The Hall–Kier alpha value is -2.24. The summed E-state index contributed by atoms with van der Waals surface area (Å²) in [6.45, 7) is 2.27. The van der Waals surface area contributed by atoms with Crippen molar-refractivity contribution in [1.82, 2.24) is 15.5 Å². The molecule has 0 radical (unpaired) electrons. The molecule has 3 rings (SSSR count). The van der Waals surface area contributed by atoms with Crippen LogP contribution in [0.4, 0.5) is 5.69 Å². The third-order valence-corrected chi connectivity index (χ3v) is 4.75. The van der Waals surface area contributed by atoms with E-state index in [1.807, 2.05) is 0 Å². The number of para-hydroxylation sites is 1. The van der Waals surface area contributed by atoms with Gasteiger partial charge in [-0.25, -0.2) is 4.99 Å². The first-order valence-electron chi connectivity index (χ1n) is 9.19. The Balaban J connectivity index is 1.52. The molecule has 2 aliphatic rings. The number of likely N-dealkylation sites (N-methyl/N-ethyl adjacent to an activating group) is 1. The zero-order valence-corrected chi connectivity index (χ0v) is 15.2. The average molecular weight is 343 g/mol. The molecular formula is C19H29N5O. The van der Waals surface area contributed by atoms with Crippen molar-refractivity contribution in [1.29, 1.82) is 0 Å². The fourth-order valence-electron chi connectivity index (χ4n) is 2.96. The zero-order valence-electron chi connectivity index (χ0n) is 15.2. The van der Waals surface area contributed by atoms with E-state index in [1.54, 1.807) is 19.0 Å². The van der Waals surface area contributed by atoms with Crippen molar-refractivity contribution >= 4 is 17.6 Å². The molecule has 1 saturated carbocycles. The van der Waals surface area contributed by atoms with Crippen LogP contribution in [0.2, 0.25) is 0 Å². The van der Waals surface area contributed by atoms with Gasteiger partial charge in [0.25, 0.3) is 0 Å². The normalized spacial score (nSPS) is 18.8. The minimum atomic E-state index is 0.0239. The summed E-state index contributed by atoms with van der Waals surface area (Å²) >= 11 is 0. The monoisotopic (exact) mass is 343 g/mol. The molecule has 0 unspecified atom stereocenters. The predicted molar refractivity (Wildman–Crippen MR) is 102 cm³/mol. The van der Waals surface area contributed by atoms with Crippen molar-refractivity contribution in [2.45, 2.75) is 37.8 Å². The van der Waals surface area contributed by atoms with E-state index in [2.05, 4.69) is 50.9 Å². The lowest BCUT2D eigenvalue weighted by atomic mass is 10.0. The summed E-state index contributed by atoms with van der Waals surface area (Å²) in [5.74, 6) is 0.812. The molecule has 136 valence electrons. The molecule has 1 heterocycles. The van der Waals surface area contributed by atoms with Crippen molar-refractivity contribution in [3.05, 3.63) is 30.3 Å². The van der Waals surface area contributed by atoms with E-state index in [1.165, 1.54) is 18.5 Å². The van der Waals surface area contributed by atoms with E-state index < -0.39 is 0 Å². The summed E-state index contributed by atoms with van der Waals surface area (Å²) in [5, 5.41) is 6.97. The molecule has 1 saturated heterocycles. The molecular weight excluding hydrogens is 314 g/mol. The van der Waals surface area contributed by atoms with Crippen molar-refractivity contribution in [3.63, 3.8) is 0 Å². The largest absolute Gasteiger partial charge is 0.371 e. The number of hydrogen-bond donors (Lipinski definition) is 2. The number of nitrogens with one attached hydrogen (secondary N) is 2.